The van der Waals surface area contributed by atoms with Gasteiger partial charge in [-0.15, -0.1) is 0 Å². The first-order valence-corrected chi connectivity index (χ1v) is 4.07. The number of aromatic nitrogens is 2. The second-order valence-corrected chi connectivity index (χ2v) is 3.04. The van der Waals surface area contributed by atoms with Crippen LogP contribution in [0.3, 0.4) is 0 Å². The van der Waals surface area contributed by atoms with Crippen LogP contribution < -0.4 is 5.73 Å². The summed E-state index contributed by atoms with van der Waals surface area (Å²) in [6, 6.07) is 2.85. The summed E-state index contributed by atoms with van der Waals surface area (Å²) >= 11 is 0. The van der Waals surface area contributed by atoms with E-state index < -0.39 is 0 Å². The average Bonchev–Trinajstić information content (AvgIpc) is 2.49. The van der Waals surface area contributed by atoms with Crippen molar-refractivity contribution >= 4 is 5.65 Å². The van der Waals surface area contributed by atoms with Crippen LogP contribution in [0.1, 0.15) is 18.7 Å². The minimum Gasteiger partial charge on any atom is -0.323 e. The predicted molar refractivity (Wildman–Crippen MR) is 47.8 cm³/mol. The van der Waals surface area contributed by atoms with Gasteiger partial charge >= 0.3 is 0 Å². The number of imidazole rings is 1. The van der Waals surface area contributed by atoms with E-state index in [4.69, 9.17) is 5.73 Å². The van der Waals surface area contributed by atoms with E-state index in [2.05, 4.69) is 4.98 Å². The van der Waals surface area contributed by atoms with E-state index in [0.29, 0.717) is 11.3 Å². The summed E-state index contributed by atoms with van der Waals surface area (Å²) in [5.74, 6) is -0.325. The molecule has 2 aromatic rings. The van der Waals surface area contributed by atoms with Crippen molar-refractivity contribution in [3.8, 4) is 0 Å². The van der Waals surface area contributed by atoms with Crippen LogP contribution in [0.15, 0.2) is 24.5 Å². The van der Waals surface area contributed by atoms with Gasteiger partial charge in [0, 0.05) is 18.4 Å². The van der Waals surface area contributed by atoms with E-state index in [1.54, 1.807) is 22.9 Å². The largest absolute Gasteiger partial charge is 0.323 e. The van der Waals surface area contributed by atoms with Crippen LogP contribution in [0.4, 0.5) is 4.39 Å². The SMILES string of the molecule is CC(N)c1cn2cccc(F)c2n1. The predicted octanol–water partition coefficient (Wildman–Crippen LogP) is 1.49. The van der Waals surface area contributed by atoms with Crippen LogP contribution in [0.25, 0.3) is 5.65 Å². The number of hydrogen-bond acceptors (Lipinski definition) is 2. The third-order valence-corrected chi connectivity index (χ3v) is 1.92. The molecule has 0 aromatic carbocycles. The summed E-state index contributed by atoms with van der Waals surface area (Å²) < 4.78 is 14.8. The van der Waals surface area contributed by atoms with Crippen molar-refractivity contribution in [1.29, 1.82) is 0 Å². The zero-order valence-electron chi connectivity index (χ0n) is 7.24. The molecule has 0 aliphatic carbocycles. The van der Waals surface area contributed by atoms with Gasteiger partial charge in [0.05, 0.1) is 5.69 Å². The van der Waals surface area contributed by atoms with Gasteiger partial charge in [-0.05, 0) is 19.1 Å². The van der Waals surface area contributed by atoms with Crippen LogP contribution >= 0.6 is 0 Å². The smallest absolute Gasteiger partial charge is 0.173 e. The molecule has 3 nitrogen and oxygen atoms in total. The second kappa shape index (κ2) is 2.81. The van der Waals surface area contributed by atoms with Crippen molar-refractivity contribution in [3.63, 3.8) is 0 Å². The lowest BCUT2D eigenvalue weighted by atomic mass is 10.3. The summed E-state index contributed by atoms with van der Waals surface area (Å²) in [6.07, 6.45) is 3.49. The third-order valence-electron chi connectivity index (χ3n) is 1.92. The van der Waals surface area contributed by atoms with E-state index >= 15 is 0 Å². The molecule has 68 valence electrons. The molecule has 0 aliphatic rings. The number of halogens is 1. The maximum absolute atomic E-state index is 13.1. The first kappa shape index (κ1) is 8.19. The number of fused-ring (bicyclic) bond motifs is 1. The molecule has 2 heterocycles. The van der Waals surface area contributed by atoms with Gasteiger partial charge in [0.2, 0.25) is 0 Å². The van der Waals surface area contributed by atoms with Gasteiger partial charge in [0.1, 0.15) is 0 Å². The van der Waals surface area contributed by atoms with Gasteiger partial charge in [-0.2, -0.15) is 0 Å². The average molecular weight is 179 g/mol. The van der Waals surface area contributed by atoms with Gasteiger partial charge < -0.3 is 10.1 Å². The van der Waals surface area contributed by atoms with Gasteiger partial charge in [-0.25, -0.2) is 9.37 Å². The Morgan fingerprint density at radius 1 is 1.62 bits per heavy atom. The fourth-order valence-electron chi connectivity index (χ4n) is 1.22. The fraction of sp³-hybridized carbons (Fsp3) is 0.222. The van der Waals surface area contributed by atoms with Gasteiger partial charge in [0.25, 0.3) is 0 Å². The first-order valence-electron chi connectivity index (χ1n) is 4.07. The van der Waals surface area contributed by atoms with Gasteiger partial charge in [0.15, 0.2) is 11.5 Å². The second-order valence-electron chi connectivity index (χ2n) is 3.04. The summed E-state index contributed by atoms with van der Waals surface area (Å²) in [4.78, 5) is 4.07. The zero-order chi connectivity index (χ0) is 9.42. The molecule has 0 amide bonds. The summed E-state index contributed by atoms with van der Waals surface area (Å²) in [5, 5.41) is 0. The maximum atomic E-state index is 13.1. The Labute approximate surface area is 75.0 Å². The van der Waals surface area contributed by atoms with Crippen molar-refractivity contribution in [1.82, 2.24) is 9.38 Å². The molecule has 2 aromatic heterocycles. The lowest BCUT2D eigenvalue weighted by Crippen LogP contribution is -2.04. The molecule has 4 heteroatoms. The quantitative estimate of drug-likeness (QED) is 0.720. The molecule has 0 aliphatic heterocycles. The number of hydrogen-bond donors (Lipinski definition) is 1. The Bertz CT molecular complexity index is 433. The monoisotopic (exact) mass is 179 g/mol. The molecule has 13 heavy (non-hydrogen) atoms. The lowest BCUT2D eigenvalue weighted by Gasteiger charge is -1.95. The molecule has 0 saturated carbocycles. The highest BCUT2D eigenvalue weighted by Crippen LogP contribution is 2.12. The van der Waals surface area contributed by atoms with E-state index in [1.165, 1.54) is 6.07 Å². The van der Waals surface area contributed by atoms with E-state index in [9.17, 15) is 4.39 Å². The molecule has 1 unspecified atom stereocenters. The van der Waals surface area contributed by atoms with Crippen LogP contribution in [0, 0.1) is 5.82 Å². The number of nitrogens with two attached hydrogens (primary N) is 1. The van der Waals surface area contributed by atoms with Crippen molar-refractivity contribution in [2.24, 2.45) is 5.73 Å². The van der Waals surface area contributed by atoms with Gasteiger partial charge in [-0.1, -0.05) is 0 Å². The Hall–Kier alpha value is -1.42. The summed E-state index contributed by atoms with van der Waals surface area (Å²) in [6.45, 7) is 1.82. The molecule has 1 atom stereocenters. The number of pyridine rings is 1. The first-order chi connectivity index (χ1) is 6.18. The Morgan fingerprint density at radius 2 is 2.38 bits per heavy atom. The molecular formula is C9H10FN3. The molecule has 0 saturated heterocycles. The normalized spacial score (nSPS) is 13.5. The van der Waals surface area contributed by atoms with Crippen LogP contribution in [-0.2, 0) is 0 Å². The topological polar surface area (TPSA) is 43.3 Å². The highest BCUT2D eigenvalue weighted by Gasteiger charge is 2.07. The maximum Gasteiger partial charge on any atom is 0.173 e. The molecule has 0 bridgehead atoms. The minimum absolute atomic E-state index is 0.167. The minimum atomic E-state index is -0.325. The standard InChI is InChI=1S/C9H10FN3/c1-6(11)8-5-13-4-2-3-7(10)9(13)12-8/h2-6H,11H2,1H3. The van der Waals surface area contributed by atoms with Crippen molar-refractivity contribution in [2.45, 2.75) is 13.0 Å². The Kier molecular flexibility index (Phi) is 1.77. The van der Waals surface area contributed by atoms with E-state index in [-0.39, 0.29) is 11.9 Å². The highest BCUT2D eigenvalue weighted by molar-refractivity contribution is 5.41. The zero-order valence-corrected chi connectivity index (χ0v) is 7.24. The molecule has 2 rings (SSSR count). The molecule has 0 radical (unpaired) electrons. The Balaban J connectivity index is 2.68. The van der Waals surface area contributed by atoms with E-state index in [0.717, 1.165) is 0 Å². The summed E-state index contributed by atoms with van der Waals surface area (Å²) in [7, 11) is 0. The molecule has 0 fully saturated rings. The lowest BCUT2D eigenvalue weighted by molar-refractivity contribution is 0.629. The third kappa shape index (κ3) is 1.29. The summed E-state index contributed by atoms with van der Waals surface area (Å²) in [5.41, 5.74) is 6.66. The van der Waals surface area contributed by atoms with Gasteiger partial charge in [-0.3, -0.25) is 0 Å². The number of nitrogens with zero attached hydrogens (tertiary/aromatic N) is 2. The van der Waals surface area contributed by atoms with Crippen LogP contribution in [0.2, 0.25) is 0 Å². The van der Waals surface area contributed by atoms with Crippen LogP contribution in [-0.4, -0.2) is 9.38 Å². The fourth-order valence-corrected chi connectivity index (χ4v) is 1.22. The van der Waals surface area contributed by atoms with E-state index in [1.807, 2.05) is 6.92 Å². The highest BCUT2D eigenvalue weighted by atomic mass is 19.1. The van der Waals surface area contributed by atoms with Crippen molar-refractivity contribution in [2.75, 3.05) is 0 Å². The Morgan fingerprint density at radius 3 is 3.00 bits per heavy atom. The van der Waals surface area contributed by atoms with Crippen molar-refractivity contribution < 1.29 is 4.39 Å². The number of rotatable bonds is 1. The van der Waals surface area contributed by atoms with Crippen molar-refractivity contribution in [3.05, 3.63) is 36.0 Å². The van der Waals surface area contributed by atoms with Crippen LogP contribution in [0.5, 0.6) is 0 Å². The molecular weight excluding hydrogens is 169 g/mol. The molecule has 2 N–H and O–H groups in total. The molecule has 0 spiro atoms.